The summed E-state index contributed by atoms with van der Waals surface area (Å²) in [5.41, 5.74) is 0.179. The SMILES string of the molecule is N#Cc1nc(-c2cccs2)oc1N1CCN(S(=O)(=O)c2ccc(F)cc2)CC1. The lowest BCUT2D eigenvalue weighted by molar-refractivity contribution is 0.374. The zero-order valence-electron chi connectivity index (χ0n) is 14.6. The number of nitriles is 1. The van der Waals surface area contributed by atoms with Gasteiger partial charge in [0.15, 0.2) is 0 Å². The molecule has 3 aromatic rings. The molecule has 0 amide bonds. The number of thiophene rings is 1. The molecule has 1 aliphatic heterocycles. The number of rotatable bonds is 4. The van der Waals surface area contributed by atoms with E-state index in [-0.39, 0.29) is 23.7 Å². The minimum atomic E-state index is -3.70. The van der Waals surface area contributed by atoms with Gasteiger partial charge in [0.25, 0.3) is 0 Å². The van der Waals surface area contributed by atoms with Crippen LogP contribution in [0.1, 0.15) is 5.69 Å². The molecule has 1 saturated heterocycles. The van der Waals surface area contributed by atoms with Crippen molar-refractivity contribution in [2.45, 2.75) is 4.90 Å². The van der Waals surface area contributed by atoms with Crippen molar-refractivity contribution < 1.29 is 17.2 Å². The van der Waals surface area contributed by atoms with E-state index in [2.05, 4.69) is 4.98 Å². The molecule has 10 heteroatoms. The molecule has 2 aromatic heterocycles. The molecule has 0 radical (unpaired) electrons. The van der Waals surface area contributed by atoms with Crippen LogP contribution in [-0.4, -0.2) is 43.9 Å². The molecule has 28 heavy (non-hydrogen) atoms. The highest BCUT2D eigenvalue weighted by atomic mass is 32.2. The molecule has 3 heterocycles. The third-order valence-corrected chi connectivity index (χ3v) is 7.20. The Morgan fingerprint density at radius 2 is 1.86 bits per heavy atom. The van der Waals surface area contributed by atoms with Gasteiger partial charge in [-0.25, -0.2) is 12.8 Å². The number of nitrogens with zero attached hydrogens (tertiary/aromatic N) is 4. The summed E-state index contributed by atoms with van der Waals surface area (Å²) in [6.07, 6.45) is 0. The van der Waals surface area contributed by atoms with E-state index in [0.29, 0.717) is 24.9 Å². The van der Waals surface area contributed by atoms with Gasteiger partial charge in [0.05, 0.1) is 9.77 Å². The first kappa shape index (κ1) is 18.6. The van der Waals surface area contributed by atoms with E-state index in [1.54, 1.807) is 0 Å². The molecule has 1 aromatic carbocycles. The van der Waals surface area contributed by atoms with Crippen LogP contribution < -0.4 is 4.90 Å². The van der Waals surface area contributed by atoms with Crippen LogP contribution in [0.2, 0.25) is 0 Å². The smallest absolute Gasteiger partial charge is 0.243 e. The Labute approximate surface area is 165 Å². The van der Waals surface area contributed by atoms with E-state index in [1.807, 2.05) is 28.5 Å². The summed E-state index contributed by atoms with van der Waals surface area (Å²) >= 11 is 1.46. The van der Waals surface area contributed by atoms with Crippen LogP contribution >= 0.6 is 11.3 Å². The molecular formula is C18H15FN4O3S2. The first-order valence-corrected chi connectivity index (χ1v) is 10.8. The van der Waals surface area contributed by atoms with Crippen molar-refractivity contribution in [3.63, 3.8) is 0 Å². The first-order chi connectivity index (χ1) is 13.5. The van der Waals surface area contributed by atoms with Crippen LogP contribution in [0.3, 0.4) is 0 Å². The molecule has 7 nitrogen and oxygen atoms in total. The maximum absolute atomic E-state index is 13.1. The monoisotopic (exact) mass is 418 g/mol. The van der Waals surface area contributed by atoms with Gasteiger partial charge in [-0.05, 0) is 35.7 Å². The van der Waals surface area contributed by atoms with Gasteiger partial charge in [-0.1, -0.05) is 6.07 Å². The van der Waals surface area contributed by atoms with Crippen molar-refractivity contribution in [1.29, 1.82) is 5.26 Å². The summed E-state index contributed by atoms with van der Waals surface area (Å²) in [7, 11) is -3.70. The number of piperazine rings is 1. The molecule has 144 valence electrons. The van der Waals surface area contributed by atoms with Gasteiger partial charge in [0.2, 0.25) is 27.5 Å². The third-order valence-electron chi connectivity index (χ3n) is 4.42. The molecule has 0 spiro atoms. The predicted molar refractivity (Wildman–Crippen MR) is 102 cm³/mol. The van der Waals surface area contributed by atoms with Crippen LogP contribution in [0.25, 0.3) is 10.8 Å². The molecule has 0 N–H and O–H groups in total. The lowest BCUT2D eigenvalue weighted by atomic mass is 10.3. The molecule has 0 atom stereocenters. The standard InChI is InChI=1S/C18H15FN4O3S2/c19-13-3-5-14(6-4-13)28(24,25)23-9-7-22(8-10-23)18-15(12-20)21-17(26-18)16-2-1-11-27-16/h1-6,11H,7-10H2. The third kappa shape index (κ3) is 3.40. The Kier molecular flexibility index (Phi) is 4.89. The molecule has 0 unspecified atom stereocenters. The van der Waals surface area contributed by atoms with Crippen molar-refractivity contribution >= 4 is 27.2 Å². The molecular weight excluding hydrogens is 403 g/mol. The van der Waals surface area contributed by atoms with Crippen molar-refractivity contribution in [3.8, 4) is 16.8 Å². The maximum atomic E-state index is 13.1. The highest BCUT2D eigenvalue weighted by molar-refractivity contribution is 7.89. The molecule has 1 fully saturated rings. The second-order valence-corrected chi connectivity index (χ2v) is 8.99. The van der Waals surface area contributed by atoms with Crippen LogP contribution in [0.15, 0.2) is 51.1 Å². The van der Waals surface area contributed by atoms with Gasteiger partial charge in [-0.2, -0.15) is 14.6 Å². The van der Waals surface area contributed by atoms with Gasteiger partial charge in [-0.15, -0.1) is 11.3 Å². The number of anilines is 1. The number of oxazole rings is 1. The summed E-state index contributed by atoms with van der Waals surface area (Å²) in [6, 6.07) is 10.5. The second-order valence-electron chi connectivity index (χ2n) is 6.11. The number of halogens is 1. The normalized spacial score (nSPS) is 15.5. The number of hydrogen-bond donors (Lipinski definition) is 0. The lowest BCUT2D eigenvalue weighted by Crippen LogP contribution is -2.48. The molecule has 1 aliphatic rings. The minimum Gasteiger partial charge on any atom is -0.418 e. The summed E-state index contributed by atoms with van der Waals surface area (Å²) < 4.78 is 45.7. The first-order valence-electron chi connectivity index (χ1n) is 8.44. The minimum absolute atomic E-state index is 0.0553. The Morgan fingerprint density at radius 1 is 1.14 bits per heavy atom. The van der Waals surface area contributed by atoms with Crippen molar-refractivity contribution in [2.24, 2.45) is 0 Å². The Morgan fingerprint density at radius 3 is 2.46 bits per heavy atom. The average Bonchev–Trinajstić information content (AvgIpc) is 3.38. The fourth-order valence-electron chi connectivity index (χ4n) is 2.99. The number of aromatic nitrogens is 1. The summed E-state index contributed by atoms with van der Waals surface area (Å²) in [5, 5.41) is 11.3. The zero-order chi connectivity index (χ0) is 19.7. The van der Waals surface area contributed by atoms with E-state index in [0.717, 1.165) is 17.0 Å². The lowest BCUT2D eigenvalue weighted by Gasteiger charge is -2.33. The summed E-state index contributed by atoms with van der Waals surface area (Å²) in [5.74, 6) is 0.243. The van der Waals surface area contributed by atoms with Gasteiger partial charge in [0, 0.05) is 26.2 Å². The fourth-order valence-corrected chi connectivity index (χ4v) is 5.06. The number of sulfonamides is 1. The Bertz CT molecular complexity index is 1110. The molecule has 0 bridgehead atoms. The van der Waals surface area contributed by atoms with E-state index < -0.39 is 15.8 Å². The average molecular weight is 418 g/mol. The highest BCUT2D eigenvalue weighted by Crippen LogP contribution is 2.31. The van der Waals surface area contributed by atoms with Gasteiger partial charge in [-0.3, -0.25) is 0 Å². The van der Waals surface area contributed by atoms with Crippen LogP contribution in [0.5, 0.6) is 0 Å². The molecule has 4 rings (SSSR count). The van der Waals surface area contributed by atoms with Crippen LogP contribution in [0, 0.1) is 17.1 Å². The van der Waals surface area contributed by atoms with Gasteiger partial charge in [0.1, 0.15) is 11.9 Å². The number of benzene rings is 1. The predicted octanol–water partition coefficient (Wildman–Crippen LogP) is 2.92. The Hall–Kier alpha value is -2.74. The number of hydrogen-bond acceptors (Lipinski definition) is 7. The van der Waals surface area contributed by atoms with E-state index in [1.165, 1.54) is 27.8 Å². The van der Waals surface area contributed by atoms with Crippen LogP contribution in [-0.2, 0) is 10.0 Å². The van der Waals surface area contributed by atoms with Crippen molar-refractivity contribution in [3.05, 3.63) is 53.3 Å². The quantitative estimate of drug-likeness (QED) is 0.647. The van der Waals surface area contributed by atoms with Gasteiger partial charge >= 0.3 is 0 Å². The van der Waals surface area contributed by atoms with Gasteiger partial charge < -0.3 is 9.32 Å². The summed E-state index contributed by atoms with van der Waals surface area (Å²) in [4.78, 5) is 6.94. The maximum Gasteiger partial charge on any atom is 0.243 e. The van der Waals surface area contributed by atoms with E-state index >= 15 is 0 Å². The molecule has 0 aliphatic carbocycles. The largest absolute Gasteiger partial charge is 0.418 e. The zero-order valence-corrected chi connectivity index (χ0v) is 16.2. The fraction of sp³-hybridized carbons (Fsp3) is 0.222. The van der Waals surface area contributed by atoms with E-state index in [9.17, 15) is 18.1 Å². The topological polar surface area (TPSA) is 90.4 Å². The van der Waals surface area contributed by atoms with E-state index in [4.69, 9.17) is 4.42 Å². The van der Waals surface area contributed by atoms with Crippen molar-refractivity contribution in [2.75, 3.05) is 31.1 Å². The Balaban J connectivity index is 1.52. The van der Waals surface area contributed by atoms with Crippen molar-refractivity contribution in [1.82, 2.24) is 9.29 Å². The highest BCUT2D eigenvalue weighted by Gasteiger charge is 2.31. The summed E-state index contributed by atoms with van der Waals surface area (Å²) in [6.45, 7) is 1.15. The van der Waals surface area contributed by atoms with Crippen LogP contribution in [0.4, 0.5) is 10.3 Å². The second kappa shape index (κ2) is 7.35. The molecule has 0 saturated carbocycles.